The molecule has 4 rings (SSSR count). The molecule has 7 nitrogen and oxygen atoms in total. The predicted octanol–water partition coefficient (Wildman–Crippen LogP) is 3.51. The molecule has 1 aromatic rings. The van der Waals surface area contributed by atoms with Crippen LogP contribution in [0.25, 0.3) is 0 Å². The fourth-order valence-corrected chi connectivity index (χ4v) is 4.62. The number of hydrogen-bond acceptors (Lipinski definition) is 5. The van der Waals surface area contributed by atoms with Gasteiger partial charge in [0.15, 0.2) is 0 Å². The van der Waals surface area contributed by atoms with Crippen LogP contribution in [0.15, 0.2) is 18.2 Å². The van der Waals surface area contributed by atoms with Crippen molar-refractivity contribution < 1.29 is 23.8 Å². The monoisotopic (exact) mass is 444 g/mol. The van der Waals surface area contributed by atoms with Gasteiger partial charge in [0.2, 0.25) is 5.91 Å². The van der Waals surface area contributed by atoms with Crippen molar-refractivity contribution in [3.63, 3.8) is 0 Å². The van der Waals surface area contributed by atoms with Gasteiger partial charge in [0.05, 0.1) is 18.8 Å². The van der Waals surface area contributed by atoms with E-state index in [-0.39, 0.29) is 24.0 Å². The number of methoxy groups -OCH3 is 1. The lowest BCUT2D eigenvalue weighted by atomic mass is 10.1. The Morgan fingerprint density at radius 1 is 1.16 bits per heavy atom. The van der Waals surface area contributed by atoms with E-state index >= 15 is 0 Å². The zero-order valence-corrected chi connectivity index (χ0v) is 19.4. The van der Waals surface area contributed by atoms with E-state index in [0.29, 0.717) is 36.1 Å². The molecule has 3 aliphatic rings. The van der Waals surface area contributed by atoms with Crippen molar-refractivity contribution in [3.05, 3.63) is 23.8 Å². The van der Waals surface area contributed by atoms with Crippen molar-refractivity contribution in [1.82, 2.24) is 9.80 Å². The molecule has 7 heteroatoms. The van der Waals surface area contributed by atoms with Gasteiger partial charge in [0.1, 0.15) is 17.6 Å². The van der Waals surface area contributed by atoms with Crippen LogP contribution < -0.4 is 9.47 Å². The van der Waals surface area contributed by atoms with E-state index in [0.717, 1.165) is 64.6 Å². The molecule has 2 heterocycles. The van der Waals surface area contributed by atoms with E-state index in [4.69, 9.17) is 14.2 Å². The summed E-state index contributed by atoms with van der Waals surface area (Å²) >= 11 is 0. The van der Waals surface area contributed by atoms with Crippen molar-refractivity contribution in [2.75, 3.05) is 39.9 Å². The maximum absolute atomic E-state index is 13.6. The van der Waals surface area contributed by atoms with E-state index in [1.807, 2.05) is 21.9 Å². The highest BCUT2D eigenvalue weighted by Gasteiger charge is 2.35. The minimum atomic E-state index is -0.0439. The number of likely N-dealkylation sites (tertiary alicyclic amines) is 1. The Bertz CT molecular complexity index is 796. The largest absolute Gasteiger partial charge is 0.497 e. The lowest BCUT2D eigenvalue weighted by molar-refractivity contribution is -0.134. The van der Waals surface area contributed by atoms with Crippen molar-refractivity contribution in [3.8, 4) is 11.5 Å². The highest BCUT2D eigenvalue weighted by Crippen LogP contribution is 2.33. The van der Waals surface area contributed by atoms with Gasteiger partial charge in [-0.3, -0.25) is 9.59 Å². The molecule has 2 saturated heterocycles. The van der Waals surface area contributed by atoms with Gasteiger partial charge in [-0.1, -0.05) is 6.92 Å². The van der Waals surface area contributed by atoms with E-state index in [9.17, 15) is 9.59 Å². The average molecular weight is 445 g/mol. The highest BCUT2D eigenvalue weighted by molar-refractivity contribution is 5.97. The Morgan fingerprint density at radius 2 is 1.94 bits per heavy atom. The molecule has 1 aliphatic carbocycles. The number of rotatable bonds is 9. The normalized spacial score (nSPS) is 21.4. The summed E-state index contributed by atoms with van der Waals surface area (Å²) in [6.45, 7) is 5.58. The molecule has 0 radical (unpaired) electrons. The molecule has 3 fully saturated rings. The zero-order chi connectivity index (χ0) is 22.5. The van der Waals surface area contributed by atoms with Gasteiger partial charge in [-0.05, 0) is 50.3 Å². The summed E-state index contributed by atoms with van der Waals surface area (Å²) in [7, 11) is 1.60. The van der Waals surface area contributed by atoms with Crippen LogP contribution >= 0.6 is 0 Å². The smallest absolute Gasteiger partial charge is 0.257 e. The van der Waals surface area contributed by atoms with Crippen LogP contribution in [-0.4, -0.2) is 73.7 Å². The first-order valence-electron chi connectivity index (χ1n) is 12.1. The van der Waals surface area contributed by atoms with Crippen molar-refractivity contribution in [2.45, 2.75) is 64.1 Å². The third-order valence-electron chi connectivity index (χ3n) is 6.62. The third kappa shape index (κ3) is 5.55. The number of amides is 2. The lowest BCUT2D eigenvalue weighted by Crippen LogP contribution is -2.42. The number of ether oxygens (including phenoxy) is 3. The van der Waals surface area contributed by atoms with Gasteiger partial charge >= 0.3 is 0 Å². The van der Waals surface area contributed by atoms with Crippen molar-refractivity contribution >= 4 is 11.8 Å². The molecule has 2 aliphatic heterocycles. The second kappa shape index (κ2) is 10.6. The van der Waals surface area contributed by atoms with Gasteiger partial charge in [0.25, 0.3) is 5.91 Å². The summed E-state index contributed by atoms with van der Waals surface area (Å²) in [5, 5.41) is 0. The Morgan fingerprint density at radius 3 is 2.56 bits per heavy atom. The zero-order valence-electron chi connectivity index (χ0n) is 19.4. The molecule has 2 amide bonds. The Kier molecular flexibility index (Phi) is 7.55. The summed E-state index contributed by atoms with van der Waals surface area (Å²) < 4.78 is 17.5. The average Bonchev–Trinajstić information content (AvgIpc) is 3.55. The molecule has 1 aromatic carbocycles. The van der Waals surface area contributed by atoms with E-state index < -0.39 is 0 Å². The van der Waals surface area contributed by atoms with Crippen LogP contribution in [0.3, 0.4) is 0 Å². The van der Waals surface area contributed by atoms with E-state index in [1.54, 1.807) is 13.2 Å². The summed E-state index contributed by atoms with van der Waals surface area (Å²) in [5.41, 5.74) is 0.535. The van der Waals surface area contributed by atoms with Crippen LogP contribution in [0.5, 0.6) is 11.5 Å². The summed E-state index contributed by atoms with van der Waals surface area (Å²) in [4.78, 5) is 29.7. The molecular formula is C25H36N2O5. The molecule has 1 saturated carbocycles. The van der Waals surface area contributed by atoms with Crippen LogP contribution in [-0.2, 0) is 9.53 Å². The van der Waals surface area contributed by atoms with Gasteiger partial charge in [-0.15, -0.1) is 0 Å². The minimum Gasteiger partial charge on any atom is -0.497 e. The first kappa shape index (κ1) is 22.9. The number of hydrogen-bond donors (Lipinski definition) is 0. The second-order valence-corrected chi connectivity index (χ2v) is 9.17. The topological polar surface area (TPSA) is 68.3 Å². The fourth-order valence-electron chi connectivity index (χ4n) is 4.62. The number of piperidine rings is 1. The van der Waals surface area contributed by atoms with E-state index in [1.165, 1.54) is 0 Å². The molecule has 0 unspecified atom stereocenters. The van der Waals surface area contributed by atoms with Gasteiger partial charge < -0.3 is 24.0 Å². The number of nitrogens with zero attached hydrogens (tertiary/aromatic N) is 2. The maximum atomic E-state index is 13.6. The Hall–Kier alpha value is -2.28. The Labute approximate surface area is 191 Å². The van der Waals surface area contributed by atoms with Crippen molar-refractivity contribution in [2.24, 2.45) is 5.92 Å². The number of carbonyl (C=O) groups excluding carboxylic acids is 2. The van der Waals surface area contributed by atoms with Crippen LogP contribution in [0.4, 0.5) is 0 Å². The van der Waals surface area contributed by atoms with Gasteiger partial charge in [0, 0.05) is 51.5 Å². The fraction of sp³-hybridized carbons (Fsp3) is 0.680. The van der Waals surface area contributed by atoms with Gasteiger partial charge in [-0.25, -0.2) is 0 Å². The summed E-state index contributed by atoms with van der Waals surface area (Å²) in [6.07, 6.45) is 6.66. The molecular weight excluding hydrogens is 408 g/mol. The summed E-state index contributed by atoms with van der Waals surface area (Å²) in [5.74, 6) is 1.74. The number of benzene rings is 1. The first-order chi connectivity index (χ1) is 15.6. The van der Waals surface area contributed by atoms with Crippen molar-refractivity contribution in [1.29, 1.82) is 0 Å². The molecule has 0 N–H and O–H groups in total. The lowest BCUT2D eigenvalue weighted by Gasteiger charge is -2.33. The quantitative estimate of drug-likeness (QED) is 0.583. The molecule has 0 spiro atoms. The molecule has 0 aromatic heterocycles. The van der Waals surface area contributed by atoms with E-state index in [2.05, 4.69) is 6.92 Å². The maximum Gasteiger partial charge on any atom is 0.257 e. The van der Waals surface area contributed by atoms with Crippen LogP contribution in [0.1, 0.15) is 62.2 Å². The molecule has 176 valence electrons. The minimum absolute atomic E-state index is 0.00371. The Balaban J connectivity index is 1.45. The molecule has 0 bridgehead atoms. The highest BCUT2D eigenvalue weighted by atomic mass is 16.5. The number of carbonyl (C=O) groups is 2. The third-order valence-corrected chi connectivity index (χ3v) is 6.62. The molecule has 32 heavy (non-hydrogen) atoms. The SMILES string of the molecule is CCCN(C[C@@H]1CCCO1)C(=O)c1cc(OC)ccc1OC1CCN(C(=O)C2CC2)CC1. The molecule has 1 atom stereocenters. The second-order valence-electron chi connectivity index (χ2n) is 9.17. The first-order valence-corrected chi connectivity index (χ1v) is 12.1. The van der Waals surface area contributed by atoms with Crippen LogP contribution in [0, 0.1) is 5.92 Å². The standard InChI is InChI=1S/C25H36N2O5/c1-3-12-27(17-21-5-4-15-31-21)25(29)22-16-20(30-2)8-9-23(22)32-19-10-13-26(14-11-19)24(28)18-6-7-18/h8-9,16,18-19,21H,3-7,10-15,17H2,1-2H3/t21-/m0/s1. The van der Waals surface area contributed by atoms with Crippen LogP contribution in [0.2, 0.25) is 0 Å². The van der Waals surface area contributed by atoms with Gasteiger partial charge in [-0.2, -0.15) is 0 Å². The predicted molar refractivity (Wildman–Crippen MR) is 121 cm³/mol. The summed E-state index contributed by atoms with van der Waals surface area (Å²) in [6, 6.07) is 5.45.